The molecule has 1 fully saturated rings. The highest BCUT2D eigenvalue weighted by atomic mass is 35.5. The van der Waals surface area contributed by atoms with Gasteiger partial charge in [-0.2, -0.15) is 0 Å². The monoisotopic (exact) mass is 330 g/mol. The summed E-state index contributed by atoms with van der Waals surface area (Å²) in [6.07, 6.45) is 4.33. The van der Waals surface area contributed by atoms with E-state index >= 15 is 0 Å². The number of hydrogen-bond donors (Lipinski definition) is 2. The van der Waals surface area contributed by atoms with Gasteiger partial charge in [0.25, 0.3) is 0 Å². The quantitative estimate of drug-likeness (QED) is 0.875. The Kier molecular flexibility index (Phi) is 5.17. The lowest BCUT2D eigenvalue weighted by Crippen LogP contribution is -2.52. The second-order valence-electron chi connectivity index (χ2n) is 5.68. The van der Waals surface area contributed by atoms with Crippen molar-refractivity contribution in [3.8, 4) is 0 Å². The highest BCUT2D eigenvalue weighted by Crippen LogP contribution is 2.38. The lowest BCUT2D eigenvalue weighted by Gasteiger charge is -2.30. The molecule has 2 aliphatic rings. The molecule has 3 N–H and O–H groups in total. The maximum atomic E-state index is 13.8. The molecule has 1 atom stereocenters. The van der Waals surface area contributed by atoms with E-state index in [0.717, 1.165) is 43.4 Å². The van der Waals surface area contributed by atoms with Gasteiger partial charge in [0.05, 0.1) is 11.6 Å². The average Bonchev–Trinajstić information content (AvgIpc) is 2.88. The van der Waals surface area contributed by atoms with Gasteiger partial charge < -0.3 is 11.1 Å². The summed E-state index contributed by atoms with van der Waals surface area (Å²) < 4.78 is 13.8. The standard InChI is InChI=1S/C15H19FN2OS.ClH/c16-11-5-3-4-10-12(6-9-20-13(10)11)18-14(19)15(17)7-1-2-8-15;/h3-5,12H,1-2,6-9,17H2,(H,18,19);1H. The van der Waals surface area contributed by atoms with Crippen LogP contribution in [0.3, 0.4) is 0 Å². The number of nitrogens with one attached hydrogen (secondary N) is 1. The molecule has 0 radical (unpaired) electrons. The molecule has 116 valence electrons. The van der Waals surface area contributed by atoms with Crippen molar-refractivity contribution in [2.45, 2.75) is 48.6 Å². The van der Waals surface area contributed by atoms with E-state index in [1.54, 1.807) is 6.07 Å². The first-order valence-electron chi connectivity index (χ1n) is 7.11. The largest absolute Gasteiger partial charge is 0.348 e. The van der Waals surface area contributed by atoms with Gasteiger partial charge in [-0.1, -0.05) is 25.0 Å². The van der Waals surface area contributed by atoms with Crippen LogP contribution in [-0.2, 0) is 4.79 Å². The predicted octanol–water partition coefficient (Wildman–Crippen LogP) is 3.17. The second kappa shape index (κ2) is 6.55. The molecule has 3 rings (SSSR count). The third-order valence-electron chi connectivity index (χ3n) is 4.28. The number of benzene rings is 1. The SMILES string of the molecule is Cl.NC1(C(=O)NC2CCSc3c(F)cccc32)CCCC1. The molecular weight excluding hydrogens is 311 g/mol. The van der Waals surface area contributed by atoms with Crippen LogP contribution >= 0.6 is 24.2 Å². The Morgan fingerprint density at radius 3 is 2.81 bits per heavy atom. The smallest absolute Gasteiger partial charge is 0.240 e. The molecule has 1 saturated carbocycles. The number of rotatable bonds is 2. The maximum Gasteiger partial charge on any atom is 0.240 e. The third-order valence-corrected chi connectivity index (χ3v) is 5.44. The molecule has 0 saturated heterocycles. The first-order chi connectivity index (χ1) is 9.60. The fourth-order valence-electron chi connectivity index (χ4n) is 3.07. The molecule has 6 heteroatoms. The topological polar surface area (TPSA) is 55.1 Å². The van der Waals surface area contributed by atoms with Crippen LogP contribution in [0.1, 0.15) is 43.7 Å². The van der Waals surface area contributed by atoms with Crippen LogP contribution in [0.25, 0.3) is 0 Å². The van der Waals surface area contributed by atoms with Crippen molar-refractivity contribution in [2.24, 2.45) is 5.73 Å². The highest BCUT2D eigenvalue weighted by molar-refractivity contribution is 7.99. The van der Waals surface area contributed by atoms with Crippen molar-refractivity contribution < 1.29 is 9.18 Å². The van der Waals surface area contributed by atoms with Gasteiger partial charge >= 0.3 is 0 Å². The summed E-state index contributed by atoms with van der Waals surface area (Å²) in [5.41, 5.74) is 6.34. The lowest BCUT2D eigenvalue weighted by atomic mass is 9.96. The van der Waals surface area contributed by atoms with E-state index in [9.17, 15) is 9.18 Å². The minimum atomic E-state index is -0.724. The van der Waals surface area contributed by atoms with Crippen molar-refractivity contribution in [1.29, 1.82) is 0 Å². The molecule has 1 amide bonds. The van der Waals surface area contributed by atoms with Gasteiger partial charge in [-0.05, 0) is 30.9 Å². The van der Waals surface area contributed by atoms with E-state index in [1.807, 2.05) is 6.07 Å². The summed E-state index contributed by atoms with van der Waals surface area (Å²) >= 11 is 1.52. The predicted molar refractivity (Wildman–Crippen MR) is 85.3 cm³/mol. The Hall–Kier alpha value is -0.780. The molecule has 1 heterocycles. The lowest BCUT2D eigenvalue weighted by molar-refractivity contribution is -0.127. The molecule has 0 bridgehead atoms. The van der Waals surface area contributed by atoms with Crippen LogP contribution in [0.4, 0.5) is 4.39 Å². The van der Waals surface area contributed by atoms with Crippen LogP contribution in [-0.4, -0.2) is 17.2 Å². The zero-order valence-corrected chi connectivity index (χ0v) is 13.4. The third kappa shape index (κ3) is 3.20. The summed E-state index contributed by atoms with van der Waals surface area (Å²) in [7, 11) is 0. The number of carbonyl (C=O) groups excluding carboxylic acids is 1. The van der Waals surface area contributed by atoms with E-state index in [4.69, 9.17) is 5.73 Å². The molecule has 3 nitrogen and oxygen atoms in total. The zero-order valence-electron chi connectivity index (χ0n) is 11.7. The minimum absolute atomic E-state index is 0. The van der Waals surface area contributed by atoms with Gasteiger partial charge in [0.1, 0.15) is 5.82 Å². The average molecular weight is 331 g/mol. The van der Waals surface area contributed by atoms with Crippen molar-refractivity contribution in [3.63, 3.8) is 0 Å². The number of amides is 1. The Labute approximate surface area is 134 Å². The highest BCUT2D eigenvalue weighted by Gasteiger charge is 2.38. The summed E-state index contributed by atoms with van der Waals surface area (Å²) in [5, 5.41) is 3.04. The molecule has 0 aromatic heterocycles. The number of halogens is 2. The number of hydrogen-bond acceptors (Lipinski definition) is 3. The second-order valence-corrected chi connectivity index (χ2v) is 6.79. The van der Waals surface area contributed by atoms with Gasteiger partial charge in [0, 0.05) is 10.6 Å². The van der Waals surface area contributed by atoms with Crippen LogP contribution in [0, 0.1) is 5.82 Å². The molecule has 1 aliphatic carbocycles. The molecule has 1 aromatic carbocycles. The first-order valence-corrected chi connectivity index (χ1v) is 8.10. The molecule has 1 aromatic rings. The van der Waals surface area contributed by atoms with Crippen molar-refractivity contribution >= 4 is 30.1 Å². The van der Waals surface area contributed by atoms with E-state index < -0.39 is 5.54 Å². The first kappa shape index (κ1) is 16.6. The molecule has 0 spiro atoms. The van der Waals surface area contributed by atoms with E-state index in [1.165, 1.54) is 17.8 Å². The van der Waals surface area contributed by atoms with Crippen LogP contribution in [0.2, 0.25) is 0 Å². The Bertz CT molecular complexity index is 534. The number of thioether (sulfide) groups is 1. The van der Waals surface area contributed by atoms with Crippen LogP contribution < -0.4 is 11.1 Å². The Morgan fingerprint density at radius 1 is 1.38 bits per heavy atom. The molecule has 1 aliphatic heterocycles. The molecule has 21 heavy (non-hydrogen) atoms. The van der Waals surface area contributed by atoms with Crippen molar-refractivity contribution in [1.82, 2.24) is 5.32 Å². The van der Waals surface area contributed by atoms with Gasteiger partial charge in [-0.3, -0.25) is 4.79 Å². The maximum absolute atomic E-state index is 13.8. The summed E-state index contributed by atoms with van der Waals surface area (Å²) in [6, 6.07) is 4.95. The van der Waals surface area contributed by atoms with Crippen molar-refractivity contribution in [2.75, 3.05) is 5.75 Å². The van der Waals surface area contributed by atoms with Crippen LogP contribution in [0.5, 0.6) is 0 Å². The number of fused-ring (bicyclic) bond motifs is 1. The number of nitrogens with two attached hydrogens (primary N) is 1. The Balaban J connectivity index is 0.00000161. The van der Waals surface area contributed by atoms with Gasteiger partial charge in [-0.15, -0.1) is 24.2 Å². The fourth-order valence-corrected chi connectivity index (χ4v) is 4.21. The summed E-state index contributed by atoms with van der Waals surface area (Å²) in [5.74, 6) is 0.535. The molecular formula is C15H20ClFN2OS. The fraction of sp³-hybridized carbons (Fsp3) is 0.533. The van der Waals surface area contributed by atoms with Crippen LogP contribution in [0.15, 0.2) is 23.1 Å². The zero-order chi connectivity index (χ0) is 14.2. The van der Waals surface area contributed by atoms with Gasteiger partial charge in [0.2, 0.25) is 5.91 Å². The Morgan fingerprint density at radius 2 is 2.10 bits per heavy atom. The van der Waals surface area contributed by atoms with E-state index in [2.05, 4.69) is 5.32 Å². The number of carbonyl (C=O) groups is 1. The van der Waals surface area contributed by atoms with Gasteiger partial charge in [0.15, 0.2) is 0 Å². The molecule has 1 unspecified atom stereocenters. The van der Waals surface area contributed by atoms with Gasteiger partial charge in [-0.25, -0.2) is 4.39 Å². The minimum Gasteiger partial charge on any atom is -0.348 e. The van der Waals surface area contributed by atoms with Crippen molar-refractivity contribution in [3.05, 3.63) is 29.6 Å². The van der Waals surface area contributed by atoms with E-state index in [0.29, 0.717) is 4.90 Å². The summed E-state index contributed by atoms with van der Waals surface area (Å²) in [6.45, 7) is 0. The summed E-state index contributed by atoms with van der Waals surface area (Å²) in [4.78, 5) is 13.1. The van der Waals surface area contributed by atoms with E-state index in [-0.39, 0.29) is 30.2 Å². The normalized spacial score (nSPS) is 23.0.